The molecule has 1 saturated heterocycles. The number of amides is 1. The van der Waals surface area contributed by atoms with Crippen LogP contribution in [0.5, 0.6) is 5.75 Å². The van der Waals surface area contributed by atoms with E-state index >= 15 is 0 Å². The van der Waals surface area contributed by atoms with Gasteiger partial charge in [-0.25, -0.2) is 8.42 Å². The summed E-state index contributed by atoms with van der Waals surface area (Å²) in [6.07, 6.45) is 0.404. The Bertz CT molecular complexity index is 903. The molecular weight excluding hydrogens is 397 g/mol. The molecule has 0 aromatic heterocycles. The summed E-state index contributed by atoms with van der Waals surface area (Å²) in [5.41, 5.74) is 0.639. The first-order valence-corrected chi connectivity index (χ1v) is 10.6. The fraction of sp³-hybridized carbons (Fsp3) is 0.278. The number of benzene rings is 2. The smallest absolute Gasteiger partial charge is 0.265 e. The first-order chi connectivity index (χ1) is 12.4. The van der Waals surface area contributed by atoms with Crippen LogP contribution in [0, 0.1) is 0 Å². The normalized spacial score (nSPS) is 18.5. The largest absolute Gasteiger partial charge is 0.482 e. The molecule has 26 heavy (non-hydrogen) atoms. The Hall–Kier alpha value is -1.76. The predicted octanol–water partition coefficient (Wildman–Crippen LogP) is 3.59. The van der Waals surface area contributed by atoms with Gasteiger partial charge < -0.3 is 9.64 Å². The Balaban J connectivity index is 1.80. The summed E-state index contributed by atoms with van der Waals surface area (Å²) in [6, 6.07) is 13.3. The van der Waals surface area contributed by atoms with E-state index in [0.717, 1.165) is 0 Å². The number of para-hydroxylation sites is 1. The fourth-order valence-electron chi connectivity index (χ4n) is 2.92. The van der Waals surface area contributed by atoms with E-state index in [1.807, 2.05) is 6.07 Å². The van der Waals surface area contributed by atoms with Crippen LogP contribution in [-0.4, -0.2) is 38.5 Å². The number of carbonyl (C=O) groups excluding carboxylic acids is 1. The van der Waals surface area contributed by atoms with Gasteiger partial charge in [-0.15, -0.1) is 0 Å². The van der Waals surface area contributed by atoms with Crippen LogP contribution in [0.15, 0.2) is 48.5 Å². The molecule has 0 N–H and O–H groups in total. The molecule has 0 spiro atoms. The maximum absolute atomic E-state index is 12.8. The quantitative estimate of drug-likeness (QED) is 0.750. The lowest BCUT2D eigenvalue weighted by Gasteiger charge is -2.28. The second-order valence-electron chi connectivity index (χ2n) is 6.02. The summed E-state index contributed by atoms with van der Waals surface area (Å²) < 4.78 is 29.3. The Labute approximate surface area is 162 Å². The molecule has 1 aliphatic heterocycles. The summed E-state index contributed by atoms with van der Waals surface area (Å²) in [5.74, 6) is -0.00483. The molecule has 1 heterocycles. The van der Waals surface area contributed by atoms with E-state index in [2.05, 4.69) is 0 Å². The molecule has 8 heteroatoms. The van der Waals surface area contributed by atoms with Crippen LogP contribution in [0.3, 0.4) is 0 Å². The molecule has 138 valence electrons. The topological polar surface area (TPSA) is 63.7 Å². The van der Waals surface area contributed by atoms with Crippen molar-refractivity contribution in [2.75, 3.05) is 23.0 Å². The lowest BCUT2D eigenvalue weighted by molar-refractivity contribution is -0.121. The van der Waals surface area contributed by atoms with Gasteiger partial charge in [0, 0.05) is 16.8 Å². The van der Waals surface area contributed by atoms with E-state index in [4.69, 9.17) is 27.9 Å². The van der Waals surface area contributed by atoms with Crippen molar-refractivity contribution >= 4 is 44.6 Å². The lowest BCUT2D eigenvalue weighted by Crippen LogP contribution is -2.43. The lowest BCUT2D eigenvalue weighted by atomic mass is 10.2. The second-order valence-corrected chi connectivity index (χ2v) is 9.09. The summed E-state index contributed by atoms with van der Waals surface area (Å²) >= 11 is 12.0. The minimum Gasteiger partial charge on any atom is -0.482 e. The molecule has 5 nitrogen and oxygen atoms in total. The SMILES string of the molecule is O=C(COc1cc(Cl)ccc1Cl)N(c1ccccc1)C1CCS(=O)(=O)C1. The van der Waals surface area contributed by atoms with Crippen molar-refractivity contribution in [2.45, 2.75) is 12.5 Å². The van der Waals surface area contributed by atoms with Crippen molar-refractivity contribution in [3.8, 4) is 5.75 Å². The van der Waals surface area contributed by atoms with Crippen LogP contribution in [-0.2, 0) is 14.6 Å². The number of sulfone groups is 1. The highest BCUT2D eigenvalue weighted by atomic mass is 35.5. The zero-order chi connectivity index (χ0) is 18.7. The summed E-state index contributed by atoms with van der Waals surface area (Å²) in [5, 5.41) is 0.788. The Kier molecular flexibility index (Phi) is 5.75. The van der Waals surface area contributed by atoms with E-state index in [1.54, 1.807) is 36.4 Å². The van der Waals surface area contributed by atoms with Gasteiger partial charge in [-0.1, -0.05) is 41.4 Å². The molecule has 1 aliphatic rings. The van der Waals surface area contributed by atoms with Crippen molar-refractivity contribution < 1.29 is 17.9 Å². The van der Waals surface area contributed by atoms with Gasteiger partial charge in [0.15, 0.2) is 16.4 Å². The summed E-state index contributed by atoms with van der Waals surface area (Å²) in [4.78, 5) is 14.3. The third-order valence-electron chi connectivity index (χ3n) is 4.12. The Morgan fingerprint density at radius 2 is 1.88 bits per heavy atom. The van der Waals surface area contributed by atoms with Crippen LogP contribution >= 0.6 is 23.2 Å². The highest BCUT2D eigenvalue weighted by Crippen LogP contribution is 2.29. The number of ether oxygens (including phenoxy) is 1. The van der Waals surface area contributed by atoms with Crippen LogP contribution in [0.4, 0.5) is 5.69 Å². The number of anilines is 1. The maximum atomic E-state index is 12.8. The van der Waals surface area contributed by atoms with Gasteiger partial charge in [-0.2, -0.15) is 0 Å². The van der Waals surface area contributed by atoms with E-state index < -0.39 is 15.9 Å². The molecule has 0 aliphatic carbocycles. The molecule has 1 amide bonds. The molecule has 0 saturated carbocycles. The van der Waals surface area contributed by atoms with Gasteiger partial charge in [0.05, 0.1) is 22.6 Å². The fourth-order valence-corrected chi connectivity index (χ4v) is 4.96. The first kappa shape index (κ1) is 19.0. The van der Waals surface area contributed by atoms with Crippen molar-refractivity contribution in [1.29, 1.82) is 0 Å². The van der Waals surface area contributed by atoms with Crippen LogP contribution in [0.1, 0.15) is 6.42 Å². The number of hydrogen-bond donors (Lipinski definition) is 0. The molecule has 1 fully saturated rings. The third kappa shape index (κ3) is 4.50. The van der Waals surface area contributed by atoms with Crippen LogP contribution in [0.25, 0.3) is 0 Å². The highest BCUT2D eigenvalue weighted by Gasteiger charge is 2.35. The minimum absolute atomic E-state index is 0.0500. The number of halogens is 2. The van der Waals surface area contributed by atoms with Crippen molar-refractivity contribution in [3.05, 3.63) is 58.6 Å². The monoisotopic (exact) mass is 413 g/mol. The number of carbonyl (C=O) groups is 1. The highest BCUT2D eigenvalue weighted by molar-refractivity contribution is 7.91. The van der Waals surface area contributed by atoms with Crippen molar-refractivity contribution in [1.82, 2.24) is 0 Å². The van der Waals surface area contributed by atoms with Gasteiger partial charge in [0.2, 0.25) is 0 Å². The molecule has 2 aromatic carbocycles. The Morgan fingerprint density at radius 3 is 2.54 bits per heavy atom. The third-order valence-corrected chi connectivity index (χ3v) is 6.42. The van der Waals surface area contributed by atoms with E-state index in [1.165, 1.54) is 11.0 Å². The number of hydrogen-bond acceptors (Lipinski definition) is 4. The van der Waals surface area contributed by atoms with Gasteiger partial charge in [-0.3, -0.25) is 4.79 Å². The first-order valence-electron chi connectivity index (χ1n) is 8.01. The van der Waals surface area contributed by atoms with Crippen LogP contribution < -0.4 is 9.64 Å². The molecular formula is C18H17Cl2NO4S. The molecule has 0 radical (unpaired) electrons. The Morgan fingerprint density at radius 1 is 1.15 bits per heavy atom. The molecule has 0 bridgehead atoms. The van der Waals surface area contributed by atoms with E-state index in [-0.39, 0.29) is 24.0 Å². The second kappa shape index (κ2) is 7.86. The van der Waals surface area contributed by atoms with Gasteiger partial charge in [0.1, 0.15) is 5.75 Å². The van der Waals surface area contributed by atoms with E-state index in [9.17, 15) is 13.2 Å². The van der Waals surface area contributed by atoms with Gasteiger partial charge in [0.25, 0.3) is 5.91 Å². The predicted molar refractivity (Wildman–Crippen MR) is 103 cm³/mol. The zero-order valence-corrected chi connectivity index (χ0v) is 16.1. The van der Waals surface area contributed by atoms with Crippen molar-refractivity contribution in [3.63, 3.8) is 0 Å². The number of nitrogens with zero attached hydrogens (tertiary/aromatic N) is 1. The molecule has 1 atom stereocenters. The van der Waals surface area contributed by atoms with Crippen LogP contribution in [0.2, 0.25) is 10.0 Å². The maximum Gasteiger partial charge on any atom is 0.265 e. The van der Waals surface area contributed by atoms with Gasteiger partial charge in [-0.05, 0) is 30.7 Å². The number of rotatable bonds is 5. The average Bonchev–Trinajstić information content (AvgIpc) is 2.96. The summed E-state index contributed by atoms with van der Waals surface area (Å²) in [6.45, 7) is -0.272. The summed E-state index contributed by atoms with van der Waals surface area (Å²) in [7, 11) is -3.13. The van der Waals surface area contributed by atoms with Gasteiger partial charge >= 0.3 is 0 Å². The van der Waals surface area contributed by atoms with Crippen molar-refractivity contribution in [2.24, 2.45) is 0 Å². The molecule has 3 rings (SSSR count). The molecule has 2 aromatic rings. The van der Waals surface area contributed by atoms with E-state index in [0.29, 0.717) is 27.9 Å². The molecule has 1 unspecified atom stereocenters. The standard InChI is InChI=1S/C18H17Cl2NO4S/c19-13-6-7-16(20)17(10-13)25-11-18(22)21(14-4-2-1-3-5-14)15-8-9-26(23,24)12-15/h1-7,10,15H,8-9,11-12H2. The zero-order valence-electron chi connectivity index (χ0n) is 13.8. The minimum atomic E-state index is -3.13. The average molecular weight is 414 g/mol.